The van der Waals surface area contributed by atoms with Crippen LogP contribution in [0.5, 0.6) is 0 Å². The van der Waals surface area contributed by atoms with Gasteiger partial charge in [-0.25, -0.2) is 9.59 Å². The molecular formula is C25H22N2O6S. The third-order valence-corrected chi connectivity index (χ3v) is 6.93. The molecule has 1 unspecified atom stereocenters. The first-order valence-corrected chi connectivity index (χ1v) is 11.8. The van der Waals surface area contributed by atoms with Crippen LogP contribution < -0.4 is 10.6 Å². The van der Waals surface area contributed by atoms with E-state index in [-0.39, 0.29) is 11.3 Å². The summed E-state index contributed by atoms with van der Waals surface area (Å²) in [5, 5.41) is 5.15. The van der Waals surface area contributed by atoms with E-state index in [4.69, 9.17) is 9.47 Å². The molecule has 0 spiro atoms. The Morgan fingerprint density at radius 3 is 1.79 bits per heavy atom. The van der Waals surface area contributed by atoms with Gasteiger partial charge in [0.25, 0.3) is 0 Å². The number of para-hydroxylation sites is 2. The third-order valence-electron chi connectivity index (χ3n) is 5.27. The van der Waals surface area contributed by atoms with E-state index in [1.54, 1.807) is 84.9 Å². The Kier molecular flexibility index (Phi) is 7.15. The lowest BCUT2D eigenvalue weighted by Gasteiger charge is -2.35. The standard InChI is InChI=1S/C25H22N2O6S/c28-22-20-13-7-8-14-21(20)34(31)17-25(22,15-32-23(29)26-18-9-3-1-4-10-18)16-33-24(30)27-19-11-5-2-6-12-19/h1-14H,15-17H2,(H,26,29)(H,27,30). The number of carbonyl (C=O) groups is 3. The quantitative estimate of drug-likeness (QED) is 0.505. The van der Waals surface area contributed by atoms with Crippen molar-refractivity contribution in [1.29, 1.82) is 0 Å². The molecule has 3 aromatic carbocycles. The fourth-order valence-corrected chi connectivity index (χ4v) is 5.14. The predicted octanol–water partition coefficient (Wildman–Crippen LogP) is 4.47. The minimum absolute atomic E-state index is 0.153. The predicted molar refractivity (Wildman–Crippen MR) is 127 cm³/mol. The molecule has 0 fully saturated rings. The van der Waals surface area contributed by atoms with Crippen molar-refractivity contribution in [3.8, 4) is 0 Å². The Labute approximate surface area is 199 Å². The molecule has 1 aliphatic rings. The van der Waals surface area contributed by atoms with Crippen molar-refractivity contribution in [3.05, 3.63) is 90.5 Å². The van der Waals surface area contributed by atoms with Crippen LogP contribution in [0, 0.1) is 5.41 Å². The Morgan fingerprint density at radius 2 is 1.26 bits per heavy atom. The first kappa shape index (κ1) is 23.3. The minimum Gasteiger partial charge on any atom is -0.611 e. The first-order chi connectivity index (χ1) is 16.5. The van der Waals surface area contributed by atoms with Crippen molar-refractivity contribution >= 4 is 40.5 Å². The summed E-state index contributed by atoms with van der Waals surface area (Å²) in [6, 6.07) is 23.9. The number of Topliss-reactive ketones (excluding diaryl/α,β-unsaturated/α-hetero) is 1. The number of ether oxygens (including phenoxy) is 2. The maximum absolute atomic E-state index is 13.5. The molecular weight excluding hydrogens is 456 g/mol. The van der Waals surface area contributed by atoms with E-state index in [1.807, 2.05) is 0 Å². The van der Waals surface area contributed by atoms with E-state index in [1.165, 1.54) is 0 Å². The highest BCUT2D eigenvalue weighted by Gasteiger charge is 2.51. The fourth-order valence-electron chi connectivity index (χ4n) is 3.55. The highest BCUT2D eigenvalue weighted by atomic mass is 32.2. The van der Waals surface area contributed by atoms with E-state index >= 15 is 0 Å². The Bertz CT molecular complexity index is 1110. The molecule has 0 aromatic heterocycles. The normalized spacial score (nSPS) is 16.1. The molecule has 3 aromatic rings. The van der Waals surface area contributed by atoms with Gasteiger partial charge >= 0.3 is 12.2 Å². The average Bonchev–Trinajstić information content (AvgIpc) is 2.86. The second kappa shape index (κ2) is 10.4. The molecule has 2 N–H and O–H groups in total. The van der Waals surface area contributed by atoms with Crippen LogP contribution in [0.25, 0.3) is 0 Å². The van der Waals surface area contributed by atoms with Gasteiger partial charge in [0.1, 0.15) is 24.4 Å². The Hall–Kier alpha value is -3.82. The number of hydrogen-bond acceptors (Lipinski definition) is 6. The van der Waals surface area contributed by atoms with Gasteiger partial charge in [0, 0.05) is 11.4 Å². The molecule has 1 heterocycles. The van der Waals surface area contributed by atoms with Gasteiger partial charge in [-0.3, -0.25) is 15.4 Å². The number of fused-ring (bicyclic) bond motifs is 1. The lowest BCUT2D eigenvalue weighted by Crippen LogP contribution is -2.50. The van der Waals surface area contributed by atoms with Crippen LogP contribution in [-0.4, -0.2) is 41.5 Å². The van der Waals surface area contributed by atoms with Gasteiger partial charge in [-0.15, -0.1) is 0 Å². The molecule has 4 rings (SSSR count). The van der Waals surface area contributed by atoms with Crippen LogP contribution >= 0.6 is 0 Å². The molecule has 0 radical (unpaired) electrons. The number of amides is 2. The van der Waals surface area contributed by atoms with Crippen LogP contribution in [0.1, 0.15) is 10.4 Å². The second-order valence-corrected chi connectivity index (χ2v) is 9.15. The van der Waals surface area contributed by atoms with Crippen LogP contribution in [-0.2, 0) is 20.6 Å². The van der Waals surface area contributed by atoms with E-state index in [2.05, 4.69) is 10.6 Å². The molecule has 174 valence electrons. The number of ketones is 1. The SMILES string of the molecule is O=C(Nc1ccccc1)OCC1(COC(=O)Nc2ccccc2)C[S+]([O-])c2ccccc2C1=O. The van der Waals surface area contributed by atoms with Crippen LogP contribution in [0.3, 0.4) is 0 Å². The van der Waals surface area contributed by atoms with Crippen LogP contribution in [0.15, 0.2) is 89.8 Å². The Balaban J connectivity index is 1.51. The average molecular weight is 479 g/mol. The largest absolute Gasteiger partial charge is 0.611 e. The zero-order valence-electron chi connectivity index (χ0n) is 18.1. The smallest absolute Gasteiger partial charge is 0.411 e. The number of rotatable bonds is 6. The highest BCUT2D eigenvalue weighted by molar-refractivity contribution is 7.91. The summed E-state index contributed by atoms with van der Waals surface area (Å²) in [7, 11) is 0. The third kappa shape index (κ3) is 5.38. The van der Waals surface area contributed by atoms with Crippen molar-refractivity contribution < 1.29 is 28.4 Å². The zero-order valence-corrected chi connectivity index (χ0v) is 18.9. The maximum Gasteiger partial charge on any atom is 0.411 e. The number of benzene rings is 3. The van der Waals surface area contributed by atoms with Gasteiger partial charge in [0.05, 0.1) is 5.56 Å². The van der Waals surface area contributed by atoms with Gasteiger partial charge in [-0.1, -0.05) is 48.5 Å². The lowest BCUT2D eigenvalue weighted by molar-refractivity contribution is 0.0379. The summed E-state index contributed by atoms with van der Waals surface area (Å²) < 4.78 is 23.7. The summed E-state index contributed by atoms with van der Waals surface area (Å²) in [5.74, 6) is -0.553. The van der Waals surface area contributed by atoms with Crippen molar-refractivity contribution in [2.75, 3.05) is 29.6 Å². The van der Waals surface area contributed by atoms with Crippen molar-refractivity contribution in [1.82, 2.24) is 0 Å². The molecule has 0 saturated carbocycles. The molecule has 0 saturated heterocycles. The van der Waals surface area contributed by atoms with Crippen LogP contribution in [0.2, 0.25) is 0 Å². The Morgan fingerprint density at radius 1 is 0.794 bits per heavy atom. The summed E-state index contributed by atoms with van der Waals surface area (Å²) in [6.07, 6.45) is -1.56. The van der Waals surface area contributed by atoms with Crippen molar-refractivity contribution in [2.24, 2.45) is 5.41 Å². The van der Waals surface area contributed by atoms with E-state index in [9.17, 15) is 18.9 Å². The van der Waals surface area contributed by atoms with Gasteiger partial charge in [-0.2, -0.15) is 0 Å². The second-order valence-electron chi connectivity index (χ2n) is 7.73. The molecule has 1 aliphatic heterocycles. The summed E-state index contributed by atoms with van der Waals surface area (Å²) in [4.78, 5) is 38.6. The monoisotopic (exact) mass is 478 g/mol. The molecule has 2 amide bonds. The molecule has 8 nitrogen and oxygen atoms in total. The number of carbonyl (C=O) groups excluding carboxylic acids is 3. The fraction of sp³-hybridized carbons (Fsp3) is 0.160. The highest BCUT2D eigenvalue weighted by Crippen LogP contribution is 2.37. The van der Waals surface area contributed by atoms with Gasteiger partial charge in [-0.05, 0) is 47.6 Å². The van der Waals surface area contributed by atoms with Gasteiger partial charge < -0.3 is 14.0 Å². The van der Waals surface area contributed by atoms with Crippen LogP contribution in [0.4, 0.5) is 21.0 Å². The molecule has 34 heavy (non-hydrogen) atoms. The molecule has 1 atom stereocenters. The van der Waals surface area contributed by atoms with Crippen molar-refractivity contribution in [2.45, 2.75) is 4.90 Å². The number of hydrogen-bond donors (Lipinski definition) is 2. The maximum atomic E-state index is 13.5. The van der Waals surface area contributed by atoms with E-state index < -0.39 is 47.8 Å². The topological polar surface area (TPSA) is 117 Å². The molecule has 0 bridgehead atoms. The summed E-state index contributed by atoms with van der Waals surface area (Å²) >= 11 is -1.55. The number of anilines is 2. The lowest BCUT2D eigenvalue weighted by atomic mass is 9.83. The minimum atomic E-state index is -1.55. The first-order valence-electron chi connectivity index (χ1n) is 10.5. The van der Waals surface area contributed by atoms with E-state index in [0.29, 0.717) is 16.3 Å². The van der Waals surface area contributed by atoms with Gasteiger partial charge in [0.15, 0.2) is 10.7 Å². The van der Waals surface area contributed by atoms with E-state index in [0.717, 1.165) is 0 Å². The van der Waals surface area contributed by atoms with Gasteiger partial charge in [0.2, 0.25) is 0 Å². The summed E-state index contributed by atoms with van der Waals surface area (Å²) in [6.45, 7) is -0.827. The zero-order chi connectivity index (χ0) is 24.0. The molecule has 9 heteroatoms. The van der Waals surface area contributed by atoms with Crippen molar-refractivity contribution in [3.63, 3.8) is 0 Å². The number of nitrogens with one attached hydrogen (secondary N) is 2. The molecule has 0 aliphatic carbocycles. The summed E-state index contributed by atoms with van der Waals surface area (Å²) in [5.41, 5.74) is -0.208.